The van der Waals surface area contributed by atoms with Gasteiger partial charge in [-0.2, -0.15) is 0 Å². The fraction of sp³-hybridized carbons (Fsp3) is 0.550. The Morgan fingerprint density at radius 3 is 3.12 bits per heavy atom. The van der Waals surface area contributed by atoms with Crippen LogP contribution in [0.15, 0.2) is 30.5 Å². The fourth-order valence-electron chi connectivity index (χ4n) is 4.44. The summed E-state index contributed by atoms with van der Waals surface area (Å²) in [4.78, 5) is 18.2. The quantitative estimate of drug-likeness (QED) is 0.901. The van der Waals surface area contributed by atoms with Crippen LogP contribution < -0.4 is 0 Å². The van der Waals surface area contributed by atoms with E-state index in [4.69, 9.17) is 4.74 Å². The number of amides is 1. The van der Waals surface area contributed by atoms with E-state index >= 15 is 0 Å². The highest BCUT2D eigenvalue weighted by Gasteiger charge is 2.45. The lowest BCUT2D eigenvalue weighted by Crippen LogP contribution is -2.53. The molecule has 0 radical (unpaired) electrons. The van der Waals surface area contributed by atoms with E-state index in [9.17, 15) is 9.90 Å². The van der Waals surface area contributed by atoms with E-state index in [0.717, 1.165) is 35.9 Å². The molecule has 3 atom stereocenters. The Bertz CT molecular complexity index is 767. The maximum atomic E-state index is 13.0. The lowest BCUT2D eigenvalue weighted by atomic mass is 9.79. The van der Waals surface area contributed by atoms with E-state index in [-0.39, 0.29) is 17.9 Å². The number of nitrogens with zero attached hydrogens (tertiary/aromatic N) is 1. The van der Waals surface area contributed by atoms with Gasteiger partial charge in [-0.25, -0.2) is 0 Å². The molecule has 1 amide bonds. The topological polar surface area (TPSA) is 65.6 Å². The van der Waals surface area contributed by atoms with Gasteiger partial charge in [0, 0.05) is 42.2 Å². The second-order valence-electron chi connectivity index (χ2n) is 7.62. The molecular formula is C20H26N2O3. The molecule has 3 heterocycles. The number of para-hydroxylation sites is 1. The molecule has 2 aliphatic rings. The molecule has 2 fully saturated rings. The van der Waals surface area contributed by atoms with Crippen molar-refractivity contribution < 1.29 is 14.6 Å². The second-order valence-corrected chi connectivity index (χ2v) is 7.62. The van der Waals surface area contributed by atoms with Crippen LogP contribution in [-0.4, -0.2) is 52.3 Å². The summed E-state index contributed by atoms with van der Waals surface area (Å²) in [5.74, 6) is 0.143. The largest absolute Gasteiger partial charge is 0.390 e. The number of rotatable bonds is 3. The molecule has 5 nitrogen and oxygen atoms in total. The molecule has 25 heavy (non-hydrogen) atoms. The lowest BCUT2D eigenvalue weighted by Gasteiger charge is -2.43. The highest BCUT2D eigenvalue weighted by molar-refractivity contribution is 5.89. The molecule has 1 aromatic heterocycles. The van der Waals surface area contributed by atoms with Gasteiger partial charge in [0.15, 0.2) is 0 Å². The number of aliphatic hydroxyl groups is 1. The third kappa shape index (κ3) is 3.07. The minimum Gasteiger partial charge on any atom is -0.390 e. The van der Waals surface area contributed by atoms with E-state index in [0.29, 0.717) is 26.1 Å². The number of carbonyl (C=O) groups excluding carboxylic acids is 1. The summed E-state index contributed by atoms with van der Waals surface area (Å²) in [5.41, 5.74) is 1.34. The van der Waals surface area contributed by atoms with Crippen molar-refractivity contribution in [3.63, 3.8) is 0 Å². The predicted molar refractivity (Wildman–Crippen MR) is 96.3 cm³/mol. The average Bonchev–Trinajstić information content (AvgIpc) is 3.22. The minimum absolute atomic E-state index is 0.00401. The van der Waals surface area contributed by atoms with Crippen LogP contribution in [0.3, 0.4) is 0 Å². The number of benzene rings is 1. The van der Waals surface area contributed by atoms with Crippen LogP contribution in [-0.2, 0) is 16.0 Å². The molecule has 134 valence electrons. The van der Waals surface area contributed by atoms with Crippen LogP contribution in [0.4, 0.5) is 0 Å². The average molecular weight is 342 g/mol. The molecule has 2 aliphatic heterocycles. The number of aromatic nitrogens is 1. The van der Waals surface area contributed by atoms with Crippen molar-refractivity contribution in [3.8, 4) is 0 Å². The van der Waals surface area contributed by atoms with Crippen LogP contribution >= 0.6 is 0 Å². The SMILES string of the molecule is CC1(O)CCOCC1C1CCCN1C(=O)Cc1c[nH]c2ccccc12. The summed E-state index contributed by atoms with van der Waals surface area (Å²) in [6.07, 6.45) is 4.92. The summed E-state index contributed by atoms with van der Waals surface area (Å²) in [5, 5.41) is 11.9. The van der Waals surface area contributed by atoms with Gasteiger partial charge < -0.3 is 19.7 Å². The fourth-order valence-corrected chi connectivity index (χ4v) is 4.44. The summed E-state index contributed by atoms with van der Waals surface area (Å²) in [7, 11) is 0. The smallest absolute Gasteiger partial charge is 0.227 e. The maximum absolute atomic E-state index is 13.0. The van der Waals surface area contributed by atoms with Crippen molar-refractivity contribution in [1.29, 1.82) is 0 Å². The number of hydrogen-bond donors (Lipinski definition) is 2. The molecule has 3 unspecified atom stereocenters. The van der Waals surface area contributed by atoms with Crippen LogP contribution in [0.5, 0.6) is 0 Å². The molecule has 5 heteroatoms. The molecule has 2 aromatic rings. The Labute approximate surface area is 148 Å². The molecule has 0 bridgehead atoms. The molecule has 0 spiro atoms. The number of likely N-dealkylation sites (tertiary alicyclic amines) is 1. The summed E-state index contributed by atoms with van der Waals surface area (Å²) < 4.78 is 5.62. The first-order valence-electron chi connectivity index (χ1n) is 9.21. The van der Waals surface area contributed by atoms with Crippen molar-refractivity contribution in [1.82, 2.24) is 9.88 Å². The number of H-pyrrole nitrogens is 1. The molecule has 0 aliphatic carbocycles. The van der Waals surface area contributed by atoms with Crippen LogP contribution in [0.25, 0.3) is 10.9 Å². The summed E-state index contributed by atoms with van der Waals surface area (Å²) >= 11 is 0. The third-order valence-electron chi connectivity index (χ3n) is 5.95. The first-order valence-corrected chi connectivity index (χ1v) is 9.21. The first kappa shape index (κ1) is 16.6. The van der Waals surface area contributed by atoms with Gasteiger partial charge >= 0.3 is 0 Å². The molecule has 4 rings (SSSR count). The Morgan fingerprint density at radius 2 is 2.28 bits per heavy atom. The number of carbonyl (C=O) groups is 1. The van der Waals surface area contributed by atoms with Crippen molar-refractivity contribution in [2.75, 3.05) is 19.8 Å². The number of fused-ring (bicyclic) bond motifs is 1. The standard InChI is InChI=1S/C20H26N2O3/c1-20(24)8-10-25-13-16(20)18-7-4-9-22(18)19(23)11-14-12-21-17-6-3-2-5-15(14)17/h2-3,5-6,12,16,18,21,24H,4,7-11,13H2,1H3. The number of ether oxygens (including phenoxy) is 1. The normalized spacial score (nSPS) is 30.1. The van der Waals surface area contributed by atoms with Gasteiger partial charge in [-0.15, -0.1) is 0 Å². The van der Waals surface area contributed by atoms with Crippen molar-refractivity contribution >= 4 is 16.8 Å². The monoisotopic (exact) mass is 342 g/mol. The molecule has 1 aromatic carbocycles. The zero-order valence-electron chi connectivity index (χ0n) is 14.7. The van der Waals surface area contributed by atoms with Crippen LogP contribution in [0.1, 0.15) is 31.7 Å². The zero-order chi connectivity index (χ0) is 17.4. The molecule has 0 saturated carbocycles. The van der Waals surface area contributed by atoms with Crippen molar-refractivity contribution in [2.24, 2.45) is 5.92 Å². The van der Waals surface area contributed by atoms with E-state index in [1.54, 1.807) is 0 Å². The lowest BCUT2D eigenvalue weighted by molar-refractivity contribution is -0.144. The second kappa shape index (κ2) is 6.46. The molecule has 2 saturated heterocycles. The Morgan fingerprint density at radius 1 is 1.44 bits per heavy atom. The third-order valence-corrected chi connectivity index (χ3v) is 5.95. The van der Waals surface area contributed by atoms with E-state index in [1.165, 1.54) is 0 Å². The summed E-state index contributed by atoms with van der Waals surface area (Å²) in [6.45, 7) is 3.80. The van der Waals surface area contributed by atoms with Crippen LogP contribution in [0, 0.1) is 5.92 Å². The number of hydrogen-bond acceptors (Lipinski definition) is 3. The maximum Gasteiger partial charge on any atom is 0.227 e. The highest BCUT2D eigenvalue weighted by atomic mass is 16.5. The number of nitrogens with one attached hydrogen (secondary N) is 1. The highest BCUT2D eigenvalue weighted by Crippen LogP contribution is 2.36. The Balaban J connectivity index is 1.53. The van der Waals surface area contributed by atoms with Gasteiger partial charge in [-0.05, 0) is 37.8 Å². The van der Waals surface area contributed by atoms with E-state index in [2.05, 4.69) is 11.1 Å². The number of aromatic amines is 1. The van der Waals surface area contributed by atoms with Gasteiger partial charge in [-0.1, -0.05) is 18.2 Å². The Kier molecular flexibility index (Phi) is 4.29. The van der Waals surface area contributed by atoms with Gasteiger partial charge in [0.1, 0.15) is 0 Å². The molecule has 2 N–H and O–H groups in total. The van der Waals surface area contributed by atoms with Gasteiger partial charge in [0.2, 0.25) is 5.91 Å². The predicted octanol–water partition coefficient (Wildman–Crippen LogP) is 2.49. The first-order chi connectivity index (χ1) is 12.1. The minimum atomic E-state index is -0.757. The van der Waals surface area contributed by atoms with E-state index in [1.807, 2.05) is 36.2 Å². The van der Waals surface area contributed by atoms with Gasteiger partial charge in [0.05, 0.1) is 18.6 Å². The molecular weight excluding hydrogens is 316 g/mol. The van der Waals surface area contributed by atoms with E-state index < -0.39 is 5.60 Å². The van der Waals surface area contributed by atoms with Crippen molar-refractivity contribution in [3.05, 3.63) is 36.0 Å². The van der Waals surface area contributed by atoms with Gasteiger partial charge in [-0.3, -0.25) is 4.79 Å². The Hall–Kier alpha value is -1.85. The zero-order valence-corrected chi connectivity index (χ0v) is 14.7. The van der Waals surface area contributed by atoms with Crippen molar-refractivity contribution in [2.45, 2.75) is 44.2 Å². The van der Waals surface area contributed by atoms with Gasteiger partial charge in [0.25, 0.3) is 0 Å². The summed E-state index contributed by atoms with van der Waals surface area (Å²) in [6, 6.07) is 8.15. The van der Waals surface area contributed by atoms with Crippen LogP contribution in [0.2, 0.25) is 0 Å².